The molecule has 2 aromatic rings. The second-order valence-electron chi connectivity index (χ2n) is 4.07. The second kappa shape index (κ2) is 6.78. The molecule has 2 radical (unpaired) electrons. The molecule has 0 fully saturated rings. The van der Waals surface area contributed by atoms with Crippen LogP contribution in [0.1, 0.15) is 10.4 Å². The molecule has 0 heterocycles. The maximum absolute atomic E-state index is 11.9. The third-order valence-electron chi connectivity index (χ3n) is 2.64. The molecule has 0 atom stereocenters. The quantitative estimate of drug-likeness (QED) is 0.539. The summed E-state index contributed by atoms with van der Waals surface area (Å²) in [5.74, 6) is -0.259. The van der Waals surface area contributed by atoms with Crippen molar-refractivity contribution in [2.75, 3.05) is 10.6 Å². The molecule has 0 aliphatic heterocycles. The van der Waals surface area contributed by atoms with Crippen LogP contribution in [0.5, 0.6) is 5.75 Å². The fourth-order valence-corrected chi connectivity index (χ4v) is 2.42. The normalized spacial score (nSPS) is 10.0. The molecule has 0 aliphatic carbocycles. The van der Waals surface area contributed by atoms with E-state index in [-0.39, 0.29) is 21.6 Å². The Morgan fingerprint density at radius 3 is 2.29 bits per heavy atom. The summed E-state index contributed by atoms with van der Waals surface area (Å²) in [6, 6.07) is 11.2. The Balaban J connectivity index is 2.15. The van der Waals surface area contributed by atoms with E-state index >= 15 is 0 Å². The van der Waals surface area contributed by atoms with Crippen LogP contribution in [0.2, 0.25) is 0 Å². The van der Waals surface area contributed by atoms with Crippen molar-refractivity contribution in [2.24, 2.45) is 0 Å². The number of benzene rings is 2. The monoisotopic (exact) mass is 408 g/mol. The third-order valence-corrected chi connectivity index (χ3v) is 3.83. The zero-order valence-corrected chi connectivity index (χ0v) is 14.1. The van der Waals surface area contributed by atoms with Crippen molar-refractivity contribution in [3.8, 4) is 5.75 Å². The molecule has 0 aliphatic rings. The fourth-order valence-electron chi connectivity index (χ4n) is 1.66. The Morgan fingerprint density at radius 2 is 1.62 bits per heavy atom. The number of carbonyl (C=O) groups is 2. The van der Waals surface area contributed by atoms with Crippen LogP contribution in [0.15, 0.2) is 46.9 Å². The Hall–Kier alpha value is -1.78. The molecule has 0 saturated carbocycles. The minimum absolute atomic E-state index is 0.133. The van der Waals surface area contributed by atoms with E-state index < -0.39 is 6.03 Å². The molecule has 106 valence electrons. The van der Waals surface area contributed by atoms with Crippen LogP contribution in [0.3, 0.4) is 0 Å². The number of rotatable bonds is 3. The Labute approximate surface area is 138 Å². The van der Waals surface area contributed by atoms with Gasteiger partial charge < -0.3 is 0 Å². The van der Waals surface area contributed by atoms with Crippen LogP contribution in [0.4, 0.5) is 16.2 Å². The number of carbonyl (C=O) groups excluding carboxylic acids is 2. The molecule has 21 heavy (non-hydrogen) atoms. The summed E-state index contributed by atoms with van der Waals surface area (Å²) < 4.78 is 0.397. The first kappa shape index (κ1) is 15.6. The van der Waals surface area contributed by atoms with Gasteiger partial charge >= 0.3 is 138 Å². The van der Waals surface area contributed by atoms with Crippen LogP contribution < -0.4 is 10.6 Å². The van der Waals surface area contributed by atoms with Crippen molar-refractivity contribution >= 4 is 54.8 Å². The van der Waals surface area contributed by atoms with Gasteiger partial charge in [-0.2, -0.15) is 0 Å². The Kier molecular flexibility index (Phi) is 5.04. The van der Waals surface area contributed by atoms with Gasteiger partial charge in [-0.25, -0.2) is 0 Å². The van der Waals surface area contributed by atoms with Gasteiger partial charge in [0.05, 0.1) is 0 Å². The van der Waals surface area contributed by atoms with Gasteiger partial charge in [0, 0.05) is 0 Å². The van der Waals surface area contributed by atoms with E-state index in [4.69, 9.17) is 0 Å². The number of anilines is 2. The summed E-state index contributed by atoms with van der Waals surface area (Å²) in [7, 11) is 0. The van der Waals surface area contributed by atoms with E-state index in [0.717, 1.165) is 4.47 Å². The number of phenols is 1. The van der Waals surface area contributed by atoms with Gasteiger partial charge in [0.25, 0.3) is 0 Å². The Bertz CT molecular complexity index is 706. The molecule has 0 spiro atoms. The Morgan fingerprint density at radius 1 is 1.00 bits per heavy atom. The average molecular weight is 409 g/mol. The van der Waals surface area contributed by atoms with Crippen LogP contribution in [0.25, 0.3) is 0 Å². The van der Waals surface area contributed by atoms with E-state index in [0.29, 0.717) is 5.69 Å². The van der Waals surface area contributed by atoms with Crippen LogP contribution >= 0.6 is 15.9 Å². The fraction of sp³-hybridized carbons (Fsp3) is 0. The number of hydrogen-bond donors (Lipinski definition) is 3. The summed E-state index contributed by atoms with van der Waals surface area (Å²) in [6.45, 7) is 0. The predicted molar refractivity (Wildman–Crippen MR) is 85.0 cm³/mol. The van der Waals surface area contributed by atoms with E-state index in [9.17, 15) is 14.7 Å². The third kappa shape index (κ3) is 3.86. The summed E-state index contributed by atoms with van der Waals surface area (Å²) in [5.41, 5.74) is 0.888. The van der Waals surface area contributed by atoms with Crippen molar-refractivity contribution in [1.29, 1.82) is 0 Å². The zero-order chi connectivity index (χ0) is 15.4. The molecular formula is C14H10AsBrN2O3. The first-order chi connectivity index (χ1) is 9.99. The zero-order valence-electron chi connectivity index (χ0n) is 10.6. The summed E-state index contributed by atoms with van der Waals surface area (Å²) >= 11 is 5.14. The molecule has 0 aromatic heterocycles. The topological polar surface area (TPSA) is 78.4 Å². The standard InChI is InChI=1S/C14H10AsBrN2O3/c15-13(20)8-4-3-7-11(12(8)19)18-14(21)17-10-6-2-1-5-9(10)16/h1-7,19H,(H2,17,18,21). The minimum atomic E-state index is -0.521. The SMILES string of the molecule is O=C(Nc1ccccc1Br)Nc1cccc(C(=O)[As])c1O. The summed E-state index contributed by atoms with van der Waals surface area (Å²) in [5, 5.41) is 15.1. The van der Waals surface area contributed by atoms with E-state index in [1.54, 1.807) is 24.3 Å². The number of urea groups is 1. The predicted octanol–water partition coefficient (Wildman–Crippen LogP) is 3.11. The molecule has 0 unspecified atom stereocenters. The molecule has 3 N–H and O–H groups in total. The summed E-state index contributed by atoms with van der Waals surface area (Å²) in [6.07, 6.45) is 0. The molecule has 2 rings (SSSR count). The first-order valence-electron chi connectivity index (χ1n) is 5.87. The van der Waals surface area contributed by atoms with E-state index in [1.165, 1.54) is 12.1 Å². The molecule has 7 heteroatoms. The molecule has 0 saturated heterocycles. The number of nitrogens with one attached hydrogen (secondary N) is 2. The van der Waals surface area contributed by atoms with Gasteiger partial charge in [0.2, 0.25) is 0 Å². The molecule has 5 nitrogen and oxygen atoms in total. The van der Waals surface area contributed by atoms with Crippen LogP contribution in [-0.2, 0) is 0 Å². The van der Waals surface area contributed by atoms with Crippen LogP contribution in [-0.4, -0.2) is 32.6 Å². The van der Waals surface area contributed by atoms with E-state index in [2.05, 4.69) is 26.6 Å². The van der Waals surface area contributed by atoms with Gasteiger partial charge in [-0.15, -0.1) is 0 Å². The van der Waals surface area contributed by atoms with Crippen molar-refractivity contribution in [3.63, 3.8) is 0 Å². The average Bonchev–Trinajstić information content (AvgIpc) is 2.43. The van der Waals surface area contributed by atoms with Gasteiger partial charge in [-0.3, -0.25) is 0 Å². The first-order valence-corrected chi connectivity index (χ1v) is 7.60. The van der Waals surface area contributed by atoms with E-state index in [1.807, 2.05) is 22.9 Å². The van der Waals surface area contributed by atoms with Gasteiger partial charge in [-0.05, 0) is 0 Å². The van der Waals surface area contributed by atoms with Crippen molar-refractivity contribution in [3.05, 3.63) is 52.5 Å². The van der Waals surface area contributed by atoms with Crippen molar-refractivity contribution in [2.45, 2.75) is 0 Å². The molecule has 2 aromatic carbocycles. The second-order valence-corrected chi connectivity index (χ2v) is 5.77. The summed E-state index contributed by atoms with van der Waals surface area (Å²) in [4.78, 5) is 23.2. The maximum atomic E-state index is 11.9. The molecule has 0 bridgehead atoms. The number of aromatic hydroxyl groups is 1. The van der Waals surface area contributed by atoms with Gasteiger partial charge in [0.1, 0.15) is 0 Å². The molecular weight excluding hydrogens is 399 g/mol. The van der Waals surface area contributed by atoms with Gasteiger partial charge in [0.15, 0.2) is 0 Å². The van der Waals surface area contributed by atoms with Gasteiger partial charge in [-0.1, -0.05) is 0 Å². The van der Waals surface area contributed by atoms with Crippen molar-refractivity contribution < 1.29 is 14.7 Å². The number of hydrogen-bond acceptors (Lipinski definition) is 3. The number of amides is 2. The van der Waals surface area contributed by atoms with Crippen LogP contribution in [0, 0.1) is 0 Å². The number of para-hydroxylation sites is 2. The number of halogens is 1. The number of phenolic OH excluding ortho intramolecular Hbond substituents is 1. The van der Waals surface area contributed by atoms with Crippen molar-refractivity contribution in [1.82, 2.24) is 0 Å². The molecule has 2 amide bonds.